The molecule has 0 spiro atoms. The Hall–Kier alpha value is -1.00. The summed E-state index contributed by atoms with van der Waals surface area (Å²) in [5, 5.41) is 0. The number of hydrogen-bond acceptors (Lipinski definition) is 3. The first-order chi connectivity index (χ1) is 8.72. The van der Waals surface area contributed by atoms with Crippen molar-refractivity contribution in [2.75, 3.05) is 23.7 Å². The van der Waals surface area contributed by atoms with E-state index in [0.717, 1.165) is 43.8 Å². The Kier molecular flexibility index (Phi) is 4.66. The molecule has 0 aliphatic carbocycles. The summed E-state index contributed by atoms with van der Waals surface area (Å²) in [5.41, 5.74) is 7.89. The lowest BCUT2D eigenvalue weighted by Gasteiger charge is -2.28. The number of thioether (sulfide) groups is 1. The first-order valence-corrected chi connectivity index (χ1v) is 7.45. The lowest BCUT2D eigenvalue weighted by Crippen LogP contribution is -2.33. The average Bonchev–Trinajstić information content (AvgIpc) is 2.38. The van der Waals surface area contributed by atoms with Gasteiger partial charge in [0.05, 0.1) is 0 Å². The van der Waals surface area contributed by atoms with E-state index in [1.807, 2.05) is 16.7 Å². The van der Waals surface area contributed by atoms with E-state index >= 15 is 0 Å². The predicted molar refractivity (Wildman–Crippen MR) is 77.2 cm³/mol. The number of amides is 1. The van der Waals surface area contributed by atoms with Crippen molar-refractivity contribution < 1.29 is 4.79 Å². The van der Waals surface area contributed by atoms with Crippen LogP contribution < -0.4 is 10.6 Å². The van der Waals surface area contributed by atoms with E-state index in [4.69, 9.17) is 5.73 Å². The molecule has 1 aromatic rings. The first kappa shape index (κ1) is 13.4. The number of aryl methyl sites for hydroxylation is 1. The molecule has 1 heterocycles. The molecule has 18 heavy (non-hydrogen) atoms. The van der Waals surface area contributed by atoms with Gasteiger partial charge >= 0.3 is 0 Å². The number of nitrogens with two attached hydrogens (primary N) is 1. The number of nitrogens with zero attached hydrogens (tertiary/aromatic N) is 1. The molecule has 0 saturated carbocycles. The number of fused-ring (bicyclic) bond motifs is 1. The van der Waals surface area contributed by atoms with Crippen LogP contribution in [0.2, 0.25) is 0 Å². The third kappa shape index (κ3) is 3.06. The highest BCUT2D eigenvalue weighted by molar-refractivity contribution is 7.99. The minimum Gasteiger partial charge on any atom is -0.330 e. The summed E-state index contributed by atoms with van der Waals surface area (Å²) in [6, 6.07) is 6.42. The molecule has 0 saturated heterocycles. The van der Waals surface area contributed by atoms with Crippen LogP contribution in [0.3, 0.4) is 0 Å². The second kappa shape index (κ2) is 6.25. The quantitative estimate of drug-likeness (QED) is 0.671. The molecule has 0 fully saturated rings. The van der Waals surface area contributed by atoms with E-state index in [9.17, 15) is 4.79 Å². The molecule has 1 aliphatic heterocycles. The second-order valence-corrected chi connectivity index (χ2v) is 5.72. The third-order valence-corrected chi connectivity index (χ3v) is 4.25. The summed E-state index contributed by atoms with van der Waals surface area (Å²) in [5.74, 6) is 1.20. The molecule has 3 nitrogen and oxygen atoms in total. The molecule has 2 rings (SSSR count). The van der Waals surface area contributed by atoms with Crippen LogP contribution in [0.4, 0.5) is 5.69 Å². The molecule has 0 aromatic heterocycles. The SMILES string of the molecule is CC(=O)N1CCCc2cc(SCCCN)ccc21. The monoisotopic (exact) mass is 264 g/mol. The zero-order valence-corrected chi connectivity index (χ0v) is 11.6. The van der Waals surface area contributed by atoms with Crippen molar-refractivity contribution in [2.24, 2.45) is 5.73 Å². The number of carbonyl (C=O) groups excluding carboxylic acids is 1. The Morgan fingerprint density at radius 1 is 1.50 bits per heavy atom. The van der Waals surface area contributed by atoms with Gasteiger partial charge in [-0.25, -0.2) is 0 Å². The molecule has 0 unspecified atom stereocenters. The summed E-state index contributed by atoms with van der Waals surface area (Å²) >= 11 is 1.84. The van der Waals surface area contributed by atoms with Crippen molar-refractivity contribution in [3.8, 4) is 0 Å². The van der Waals surface area contributed by atoms with Crippen LogP contribution in [0.5, 0.6) is 0 Å². The number of benzene rings is 1. The fraction of sp³-hybridized carbons (Fsp3) is 0.500. The highest BCUT2D eigenvalue weighted by Crippen LogP contribution is 2.31. The molecule has 0 atom stereocenters. The second-order valence-electron chi connectivity index (χ2n) is 4.56. The summed E-state index contributed by atoms with van der Waals surface area (Å²) in [4.78, 5) is 14.7. The summed E-state index contributed by atoms with van der Waals surface area (Å²) in [6.45, 7) is 3.23. The normalized spacial score (nSPS) is 14.4. The van der Waals surface area contributed by atoms with E-state index in [-0.39, 0.29) is 5.91 Å². The van der Waals surface area contributed by atoms with Crippen molar-refractivity contribution in [1.82, 2.24) is 0 Å². The summed E-state index contributed by atoms with van der Waals surface area (Å²) < 4.78 is 0. The van der Waals surface area contributed by atoms with Crippen molar-refractivity contribution in [3.63, 3.8) is 0 Å². The molecule has 98 valence electrons. The minimum atomic E-state index is 0.138. The molecule has 0 radical (unpaired) electrons. The van der Waals surface area contributed by atoms with Gasteiger partial charge in [-0.2, -0.15) is 0 Å². The van der Waals surface area contributed by atoms with Gasteiger partial charge in [0.2, 0.25) is 5.91 Å². The summed E-state index contributed by atoms with van der Waals surface area (Å²) in [7, 11) is 0. The first-order valence-electron chi connectivity index (χ1n) is 6.46. The van der Waals surface area contributed by atoms with Gasteiger partial charge < -0.3 is 10.6 Å². The third-order valence-electron chi connectivity index (χ3n) is 3.17. The molecule has 1 amide bonds. The van der Waals surface area contributed by atoms with Crippen molar-refractivity contribution in [3.05, 3.63) is 23.8 Å². The maximum Gasteiger partial charge on any atom is 0.223 e. The van der Waals surface area contributed by atoms with Crippen molar-refractivity contribution >= 4 is 23.4 Å². The Morgan fingerprint density at radius 2 is 2.33 bits per heavy atom. The average molecular weight is 264 g/mol. The lowest BCUT2D eigenvalue weighted by molar-refractivity contribution is -0.116. The maximum absolute atomic E-state index is 11.6. The molecule has 2 N–H and O–H groups in total. The van der Waals surface area contributed by atoms with E-state index in [0.29, 0.717) is 0 Å². The molecule has 1 aromatic carbocycles. The number of hydrogen-bond donors (Lipinski definition) is 1. The van der Waals surface area contributed by atoms with E-state index in [1.165, 1.54) is 10.5 Å². The Morgan fingerprint density at radius 3 is 3.06 bits per heavy atom. The van der Waals surface area contributed by atoms with Crippen LogP contribution in [0.1, 0.15) is 25.3 Å². The van der Waals surface area contributed by atoms with Crippen LogP contribution in [-0.4, -0.2) is 24.7 Å². The predicted octanol–water partition coefficient (Wildman–Crippen LogP) is 2.43. The van der Waals surface area contributed by atoms with Gasteiger partial charge in [0, 0.05) is 24.1 Å². The lowest BCUT2D eigenvalue weighted by atomic mass is 10.0. The van der Waals surface area contributed by atoms with Gasteiger partial charge in [0.1, 0.15) is 0 Å². The van der Waals surface area contributed by atoms with Crippen LogP contribution in [0.15, 0.2) is 23.1 Å². The summed E-state index contributed by atoms with van der Waals surface area (Å²) in [6.07, 6.45) is 3.18. The van der Waals surface area contributed by atoms with Gasteiger partial charge in [-0.05, 0) is 55.3 Å². The Balaban J connectivity index is 2.14. The largest absolute Gasteiger partial charge is 0.330 e. The van der Waals surface area contributed by atoms with Gasteiger partial charge in [-0.15, -0.1) is 11.8 Å². The van der Waals surface area contributed by atoms with Crippen LogP contribution in [0, 0.1) is 0 Å². The highest BCUT2D eigenvalue weighted by atomic mass is 32.2. The zero-order chi connectivity index (χ0) is 13.0. The van der Waals surface area contributed by atoms with E-state index < -0.39 is 0 Å². The minimum absolute atomic E-state index is 0.138. The smallest absolute Gasteiger partial charge is 0.223 e. The molecule has 1 aliphatic rings. The van der Waals surface area contributed by atoms with Gasteiger partial charge in [-0.1, -0.05) is 0 Å². The molecule has 4 heteroatoms. The Bertz CT molecular complexity index is 434. The maximum atomic E-state index is 11.6. The zero-order valence-electron chi connectivity index (χ0n) is 10.8. The van der Waals surface area contributed by atoms with Gasteiger partial charge in [0.25, 0.3) is 0 Å². The Labute approximate surface area is 113 Å². The van der Waals surface area contributed by atoms with Gasteiger partial charge in [-0.3, -0.25) is 4.79 Å². The molecular weight excluding hydrogens is 244 g/mol. The van der Waals surface area contributed by atoms with Crippen molar-refractivity contribution in [1.29, 1.82) is 0 Å². The van der Waals surface area contributed by atoms with E-state index in [2.05, 4.69) is 18.2 Å². The van der Waals surface area contributed by atoms with Crippen LogP contribution in [0.25, 0.3) is 0 Å². The fourth-order valence-corrected chi connectivity index (χ4v) is 3.20. The van der Waals surface area contributed by atoms with Crippen molar-refractivity contribution in [2.45, 2.75) is 31.1 Å². The topological polar surface area (TPSA) is 46.3 Å². The van der Waals surface area contributed by atoms with Gasteiger partial charge in [0.15, 0.2) is 0 Å². The number of rotatable bonds is 4. The molecule has 0 bridgehead atoms. The number of carbonyl (C=O) groups is 1. The van der Waals surface area contributed by atoms with Crippen LogP contribution in [-0.2, 0) is 11.2 Å². The van der Waals surface area contributed by atoms with E-state index in [1.54, 1.807) is 6.92 Å². The standard InChI is InChI=1S/C14H20N2OS/c1-11(17)16-8-2-4-12-10-13(5-6-14(12)16)18-9-3-7-15/h5-6,10H,2-4,7-9,15H2,1H3. The highest BCUT2D eigenvalue weighted by Gasteiger charge is 2.19. The molecular formula is C14H20N2OS. The van der Waals surface area contributed by atoms with Crippen LogP contribution >= 0.6 is 11.8 Å². The number of anilines is 1. The fourth-order valence-electron chi connectivity index (χ4n) is 2.26.